The van der Waals surface area contributed by atoms with Crippen LogP contribution in [0.15, 0.2) is 22.9 Å². The Hall–Kier alpha value is -2.20. The van der Waals surface area contributed by atoms with Gasteiger partial charge in [0.1, 0.15) is 5.76 Å². The Morgan fingerprint density at radius 1 is 1.38 bits per heavy atom. The topological polar surface area (TPSA) is 110 Å². The average Bonchev–Trinajstić information content (AvgIpc) is 3.21. The summed E-state index contributed by atoms with van der Waals surface area (Å²) in [5.41, 5.74) is 1.21. The fourth-order valence-corrected chi connectivity index (χ4v) is 3.74. The molecule has 1 saturated carbocycles. The van der Waals surface area contributed by atoms with Gasteiger partial charge in [-0.1, -0.05) is 5.16 Å². The van der Waals surface area contributed by atoms with Crippen LogP contribution in [0, 0.1) is 5.92 Å². The molecule has 2 aliphatic rings. The first kappa shape index (κ1) is 17.2. The minimum absolute atomic E-state index is 0.0929. The molecule has 1 atom stereocenters. The van der Waals surface area contributed by atoms with E-state index in [1.807, 2.05) is 10.7 Å². The molecule has 0 saturated heterocycles. The normalized spacial score (nSPS) is 20.7. The van der Waals surface area contributed by atoms with E-state index >= 15 is 0 Å². The number of sulfonamides is 1. The summed E-state index contributed by atoms with van der Waals surface area (Å²) in [7, 11) is -3.30. The standard InChI is InChI=1S/C16H21N5O4S/c1-26(23,24)18-7-11-8-20(10-13-4-5-17-21(13)9-11)16(22)14-6-15(25-19-14)12-2-3-12/h4-6,11-12,18H,2-3,7-10H2,1H3/t11-/m1/s1. The van der Waals surface area contributed by atoms with Gasteiger partial charge in [0.25, 0.3) is 5.91 Å². The Kier molecular flexibility index (Phi) is 4.31. The molecule has 0 radical (unpaired) electrons. The van der Waals surface area contributed by atoms with E-state index in [1.165, 1.54) is 0 Å². The van der Waals surface area contributed by atoms with Crippen molar-refractivity contribution < 1.29 is 17.7 Å². The van der Waals surface area contributed by atoms with Gasteiger partial charge in [-0.25, -0.2) is 13.1 Å². The van der Waals surface area contributed by atoms with E-state index in [9.17, 15) is 13.2 Å². The van der Waals surface area contributed by atoms with Crippen molar-refractivity contribution in [1.82, 2.24) is 24.6 Å². The lowest BCUT2D eigenvalue weighted by atomic mass is 10.1. The van der Waals surface area contributed by atoms with E-state index in [0.717, 1.165) is 30.6 Å². The first-order valence-corrected chi connectivity index (χ1v) is 10.5. The van der Waals surface area contributed by atoms with Gasteiger partial charge >= 0.3 is 0 Å². The lowest BCUT2D eigenvalue weighted by molar-refractivity contribution is 0.0712. The molecule has 10 heteroatoms. The zero-order valence-corrected chi connectivity index (χ0v) is 15.3. The minimum atomic E-state index is -3.30. The highest BCUT2D eigenvalue weighted by atomic mass is 32.2. The maximum Gasteiger partial charge on any atom is 0.276 e. The van der Waals surface area contributed by atoms with Crippen molar-refractivity contribution >= 4 is 15.9 Å². The first-order chi connectivity index (χ1) is 12.4. The van der Waals surface area contributed by atoms with Gasteiger partial charge in [-0.05, 0) is 18.9 Å². The number of amides is 1. The van der Waals surface area contributed by atoms with Gasteiger partial charge in [0, 0.05) is 43.7 Å². The fourth-order valence-electron chi connectivity index (χ4n) is 3.20. The van der Waals surface area contributed by atoms with Crippen molar-refractivity contribution in [1.29, 1.82) is 0 Å². The number of carbonyl (C=O) groups excluding carboxylic acids is 1. The predicted octanol–water partition coefficient (Wildman–Crippen LogP) is 0.570. The molecule has 0 aromatic carbocycles. The predicted molar refractivity (Wildman–Crippen MR) is 91.8 cm³/mol. The maximum atomic E-state index is 12.9. The van der Waals surface area contributed by atoms with Crippen molar-refractivity contribution in [2.45, 2.75) is 31.8 Å². The van der Waals surface area contributed by atoms with Gasteiger partial charge < -0.3 is 9.42 Å². The molecule has 1 fully saturated rings. The molecule has 26 heavy (non-hydrogen) atoms. The molecule has 2 aromatic rings. The van der Waals surface area contributed by atoms with Crippen molar-refractivity contribution in [2.75, 3.05) is 19.3 Å². The number of hydrogen-bond acceptors (Lipinski definition) is 6. The zero-order chi connectivity index (χ0) is 18.3. The zero-order valence-electron chi connectivity index (χ0n) is 14.5. The summed E-state index contributed by atoms with van der Waals surface area (Å²) < 4.78 is 32.5. The van der Waals surface area contributed by atoms with Gasteiger partial charge in [0.15, 0.2) is 5.69 Å². The Bertz CT molecular complexity index is 915. The van der Waals surface area contributed by atoms with Crippen LogP contribution < -0.4 is 4.72 Å². The molecule has 1 amide bonds. The van der Waals surface area contributed by atoms with Crippen molar-refractivity contribution in [3.8, 4) is 0 Å². The van der Waals surface area contributed by atoms with Gasteiger partial charge in [0.2, 0.25) is 10.0 Å². The van der Waals surface area contributed by atoms with Gasteiger partial charge in [-0.15, -0.1) is 0 Å². The van der Waals surface area contributed by atoms with E-state index in [-0.39, 0.29) is 18.4 Å². The van der Waals surface area contributed by atoms with Crippen molar-refractivity contribution in [3.63, 3.8) is 0 Å². The summed E-state index contributed by atoms with van der Waals surface area (Å²) in [6.07, 6.45) is 4.96. The van der Waals surface area contributed by atoms with Crippen LogP contribution in [-0.4, -0.2) is 53.5 Å². The Morgan fingerprint density at radius 3 is 2.92 bits per heavy atom. The van der Waals surface area contributed by atoms with E-state index in [2.05, 4.69) is 15.0 Å². The summed E-state index contributed by atoms with van der Waals surface area (Å²) in [4.78, 5) is 14.6. The second-order valence-electron chi connectivity index (χ2n) is 7.07. The number of nitrogens with one attached hydrogen (secondary N) is 1. The van der Waals surface area contributed by atoms with Gasteiger partial charge in [-0.3, -0.25) is 9.48 Å². The Balaban J connectivity index is 1.54. The number of nitrogens with zero attached hydrogens (tertiary/aromatic N) is 4. The molecule has 9 nitrogen and oxygen atoms in total. The lowest BCUT2D eigenvalue weighted by Crippen LogP contribution is -2.38. The largest absolute Gasteiger partial charge is 0.360 e. The van der Waals surface area contributed by atoms with E-state index in [4.69, 9.17) is 4.52 Å². The molecule has 140 valence electrons. The molecule has 1 aliphatic carbocycles. The second kappa shape index (κ2) is 6.51. The van der Waals surface area contributed by atoms with Crippen LogP contribution in [-0.2, 0) is 23.1 Å². The lowest BCUT2D eigenvalue weighted by Gasteiger charge is -2.23. The fraction of sp³-hybridized carbons (Fsp3) is 0.562. The van der Waals surface area contributed by atoms with E-state index in [1.54, 1.807) is 17.2 Å². The van der Waals surface area contributed by atoms with E-state index < -0.39 is 10.0 Å². The molecule has 1 N–H and O–H groups in total. The SMILES string of the molecule is CS(=O)(=O)NC[C@@H]1CN(C(=O)c2cc(C3CC3)on2)Cc2ccnn2C1. The number of aromatic nitrogens is 3. The quantitative estimate of drug-likeness (QED) is 0.813. The maximum absolute atomic E-state index is 12.9. The van der Waals surface area contributed by atoms with Crippen LogP contribution in [0.25, 0.3) is 0 Å². The summed E-state index contributed by atoms with van der Waals surface area (Å²) in [5, 5.41) is 8.22. The monoisotopic (exact) mass is 379 g/mol. The molecule has 0 unspecified atom stereocenters. The highest BCUT2D eigenvalue weighted by molar-refractivity contribution is 7.88. The third kappa shape index (κ3) is 3.80. The second-order valence-corrected chi connectivity index (χ2v) is 8.90. The van der Waals surface area contributed by atoms with Crippen LogP contribution in [0.2, 0.25) is 0 Å². The third-order valence-corrected chi connectivity index (χ3v) is 5.41. The number of hydrogen-bond donors (Lipinski definition) is 1. The van der Waals surface area contributed by atoms with Crippen LogP contribution >= 0.6 is 0 Å². The number of carbonyl (C=O) groups is 1. The van der Waals surface area contributed by atoms with Gasteiger partial charge in [-0.2, -0.15) is 5.10 Å². The third-order valence-electron chi connectivity index (χ3n) is 4.72. The molecule has 1 aliphatic heterocycles. The molecular weight excluding hydrogens is 358 g/mol. The number of fused-ring (bicyclic) bond motifs is 1. The average molecular weight is 379 g/mol. The number of rotatable bonds is 5. The highest BCUT2D eigenvalue weighted by Gasteiger charge is 2.32. The Labute approximate surface area is 151 Å². The van der Waals surface area contributed by atoms with Crippen LogP contribution in [0.3, 0.4) is 0 Å². The summed E-state index contributed by atoms with van der Waals surface area (Å²) >= 11 is 0. The van der Waals surface area contributed by atoms with Crippen molar-refractivity contribution in [3.05, 3.63) is 35.5 Å². The van der Waals surface area contributed by atoms with Crippen LogP contribution in [0.1, 0.15) is 40.7 Å². The molecule has 3 heterocycles. The summed E-state index contributed by atoms with van der Waals surface area (Å²) in [6, 6.07) is 3.59. The molecular formula is C16H21N5O4S. The molecule has 4 rings (SSSR count). The minimum Gasteiger partial charge on any atom is -0.360 e. The van der Waals surface area contributed by atoms with E-state index in [0.29, 0.717) is 31.2 Å². The molecule has 0 bridgehead atoms. The summed E-state index contributed by atoms with van der Waals surface area (Å²) in [6.45, 7) is 1.60. The Morgan fingerprint density at radius 2 is 2.19 bits per heavy atom. The summed E-state index contributed by atoms with van der Waals surface area (Å²) in [5.74, 6) is 0.856. The molecule has 0 spiro atoms. The van der Waals surface area contributed by atoms with Gasteiger partial charge in [0.05, 0.1) is 18.5 Å². The van der Waals surface area contributed by atoms with Crippen LogP contribution in [0.4, 0.5) is 0 Å². The first-order valence-electron chi connectivity index (χ1n) is 8.60. The molecule has 2 aromatic heterocycles. The van der Waals surface area contributed by atoms with Crippen LogP contribution in [0.5, 0.6) is 0 Å². The smallest absolute Gasteiger partial charge is 0.276 e. The highest BCUT2D eigenvalue weighted by Crippen LogP contribution is 2.40. The van der Waals surface area contributed by atoms with Crippen molar-refractivity contribution in [2.24, 2.45) is 5.92 Å².